The van der Waals surface area contributed by atoms with Crippen molar-refractivity contribution in [1.82, 2.24) is 4.90 Å². The van der Waals surface area contributed by atoms with Crippen molar-refractivity contribution < 1.29 is 9.53 Å². The average Bonchev–Trinajstić information content (AvgIpc) is 2.61. The number of hydrogen-bond donors (Lipinski definition) is 0. The first kappa shape index (κ1) is 17.1. The summed E-state index contributed by atoms with van der Waals surface area (Å²) in [5.41, 5.74) is 2.59. The lowest BCUT2D eigenvalue weighted by atomic mass is 9.88. The number of nitrogens with zero attached hydrogens (tertiary/aromatic N) is 1. The second-order valence-electron chi connectivity index (χ2n) is 6.12. The number of carbonyl (C=O) groups is 1. The van der Waals surface area contributed by atoms with Gasteiger partial charge in [-0.15, -0.1) is 11.8 Å². The molecule has 0 spiro atoms. The number of benzene rings is 2. The lowest BCUT2D eigenvalue weighted by molar-refractivity contribution is -0.142. The highest BCUT2D eigenvalue weighted by molar-refractivity contribution is 7.99. The fraction of sp³-hybridized carbons (Fsp3) is 0.350. The minimum absolute atomic E-state index is 0.0709. The zero-order chi connectivity index (χ0) is 16.9. The SMILES string of the molecule is COC(=O)C(SC)C1CN(C(c2ccccc2)c2ccccc2)C1. The molecule has 0 aromatic heterocycles. The van der Waals surface area contributed by atoms with Crippen LogP contribution in [0.5, 0.6) is 0 Å². The number of carbonyl (C=O) groups excluding carboxylic acids is 1. The molecule has 0 bridgehead atoms. The molecule has 3 rings (SSSR count). The van der Waals surface area contributed by atoms with E-state index in [0.717, 1.165) is 13.1 Å². The Balaban J connectivity index is 1.79. The summed E-state index contributed by atoms with van der Waals surface area (Å²) in [6.07, 6.45) is 1.98. The van der Waals surface area contributed by atoms with Gasteiger partial charge in [0, 0.05) is 19.0 Å². The molecular formula is C20H23NO2S. The molecule has 126 valence electrons. The van der Waals surface area contributed by atoms with Crippen LogP contribution < -0.4 is 0 Å². The number of esters is 1. The van der Waals surface area contributed by atoms with Gasteiger partial charge in [-0.2, -0.15) is 0 Å². The van der Waals surface area contributed by atoms with Crippen LogP contribution in [0.25, 0.3) is 0 Å². The summed E-state index contributed by atoms with van der Waals surface area (Å²) < 4.78 is 4.95. The molecule has 1 aliphatic heterocycles. The molecule has 1 heterocycles. The van der Waals surface area contributed by atoms with Gasteiger partial charge in [0.05, 0.1) is 13.2 Å². The van der Waals surface area contributed by atoms with Crippen molar-refractivity contribution in [3.63, 3.8) is 0 Å². The monoisotopic (exact) mass is 341 g/mol. The van der Waals surface area contributed by atoms with Crippen LogP contribution in [0.2, 0.25) is 0 Å². The molecule has 2 aromatic rings. The van der Waals surface area contributed by atoms with Crippen LogP contribution in [0.1, 0.15) is 17.2 Å². The second-order valence-corrected chi connectivity index (χ2v) is 7.10. The van der Waals surface area contributed by atoms with E-state index < -0.39 is 0 Å². The summed E-state index contributed by atoms with van der Waals surface area (Å²) in [6.45, 7) is 1.82. The highest BCUT2D eigenvalue weighted by atomic mass is 32.2. The number of ether oxygens (including phenoxy) is 1. The number of rotatable bonds is 6. The van der Waals surface area contributed by atoms with E-state index in [4.69, 9.17) is 4.74 Å². The van der Waals surface area contributed by atoms with Gasteiger partial charge in [-0.25, -0.2) is 0 Å². The van der Waals surface area contributed by atoms with E-state index in [-0.39, 0.29) is 17.3 Å². The summed E-state index contributed by atoms with van der Waals surface area (Å²) in [6, 6.07) is 21.4. The fourth-order valence-corrected chi connectivity index (χ4v) is 4.28. The van der Waals surface area contributed by atoms with Crippen molar-refractivity contribution in [2.24, 2.45) is 5.92 Å². The van der Waals surface area contributed by atoms with Crippen molar-refractivity contribution in [2.45, 2.75) is 11.3 Å². The van der Waals surface area contributed by atoms with Gasteiger partial charge in [-0.1, -0.05) is 60.7 Å². The van der Waals surface area contributed by atoms with Gasteiger partial charge < -0.3 is 4.74 Å². The third kappa shape index (κ3) is 3.50. The zero-order valence-electron chi connectivity index (χ0n) is 14.1. The summed E-state index contributed by atoms with van der Waals surface area (Å²) in [7, 11) is 1.47. The molecule has 24 heavy (non-hydrogen) atoms. The Kier molecular flexibility index (Phi) is 5.59. The van der Waals surface area contributed by atoms with E-state index in [1.807, 2.05) is 18.4 Å². The van der Waals surface area contributed by atoms with Crippen molar-refractivity contribution in [3.05, 3.63) is 71.8 Å². The number of hydrogen-bond acceptors (Lipinski definition) is 4. The Morgan fingerprint density at radius 3 is 1.96 bits per heavy atom. The van der Waals surface area contributed by atoms with Crippen molar-refractivity contribution >= 4 is 17.7 Å². The molecule has 0 aliphatic carbocycles. The van der Waals surface area contributed by atoms with Crippen molar-refractivity contribution in [1.29, 1.82) is 0 Å². The van der Waals surface area contributed by atoms with Gasteiger partial charge in [-0.05, 0) is 17.4 Å². The number of thioether (sulfide) groups is 1. The van der Waals surface area contributed by atoms with E-state index in [2.05, 4.69) is 53.4 Å². The highest BCUT2D eigenvalue weighted by Gasteiger charge is 2.41. The van der Waals surface area contributed by atoms with Gasteiger partial charge in [0.1, 0.15) is 5.25 Å². The van der Waals surface area contributed by atoms with Gasteiger partial charge in [0.25, 0.3) is 0 Å². The third-order valence-corrected chi connectivity index (χ3v) is 5.73. The predicted molar refractivity (Wildman–Crippen MR) is 99.1 cm³/mol. The van der Waals surface area contributed by atoms with Gasteiger partial charge in [0.15, 0.2) is 0 Å². The van der Waals surface area contributed by atoms with Crippen LogP contribution in [0.3, 0.4) is 0 Å². The molecule has 1 fully saturated rings. The zero-order valence-corrected chi connectivity index (χ0v) is 14.9. The standard InChI is InChI=1S/C20H23NO2S/c1-23-20(22)19(24-2)17-13-21(14-17)18(15-9-5-3-6-10-15)16-11-7-4-8-12-16/h3-12,17-19H,13-14H2,1-2H3. The maximum absolute atomic E-state index is 11.9. The first-order valence-corrected chi connectivity index (χ1v) is 9.48. The fourth-order valence-electron chi connectivity index (χ4n) is 3.43. The lowest BCUT2D eigenvalue weighted by Crippen LogP contribution is -2.54. The molecule has 0 N–H and O–H groups in total. The predicted octanol–water partition coefficient (Wildman–Crippen LogP) is 3.61. The average molecular weight is 341 g/mol. The Labute approximate surface area is 148 Å². The molecule has 1 saturated heterocycles. The lowest BCUT2D eigenvalue weighted by Gasteiger charge is -2.46. The molecule has 0 amide bonds. The van der Waals surface area contributed by atoms with Crippen LogP contribution >= 0.6 is 11.8 Å². The van der Waals surface area contributed by atoms with Crippen LogP contribution in [0.4, 0.5) is 0 Å². The summed E-state index contributed by atoms with van der Waals surface area (Å²) in [5, 5.41) is -0.0709. The second kappa shape index (κ2) is 7.86. The summed E-state index contributed by atoms with van der Waals surface area (Å²) in [4.78, 5) is 14.4. The molecule has 2 aromatic carbocycles. The van der Waals surface area contributed by atoms with Crippen LogP contribution in [-0.2, 0) is 9.53 Å². The normalized spacial score (nSPS) is 16.6. The molecule has 0 radical (unpaired) electrons. The minimum Gasteiger partial charge on any atom is -0.468 e. The minimum atomic E-state index is -0.108. The maximum Gasteiger partial charge on any atom is 0.319 e. The molecule has 1 atom stereocenters. The molecule has 1 aliphatic rings. The van der Waals surface area contributed by atoms with Crippen LogP contribution in [0.15, 0.2) is 60.7 Å². The first-order chi connectivity index (χ1) is 11.7. The topological polar surface area (TPSA) is 29.5 Å². The van der Waals surface area contributed by atoms with E-state index in [0.29, 0.717) is 5.92 Å². The van der Waals surface area contributed by atoms with E-state index in [9.17, 15) is 4.79 Å². The number of methoxy groups -OCH3 is 1. The van der Waals surface area contributed by atoms with Crippen molar-refractivity contribution in [2.75, 3.05) is 26.5 Å². The van der Waals surface area contributed by atoms with Crippen LogP contribution in [-0.4, -0.2) is 42.6 Å². The molecule has 3 nitrogen and oxygen atoms in total. The smallest absolute Gasteiger partial charge is 0.319 e. The Morgan fingerprint density at radius 1 is 1.04 bits per heavy atom. The third-order valence-electron chi connectivity index (χ3n) is 4.65. The Hall–Kier alpha value is -1.78. The Bertz CT molecular complexity index is 616. The molecule has 1 unspecified atom stereocenters. The van der Waals surface area contributed by atoms with E-state index in [1.165, 1.54) is 18.2 Å². The van der Waals surface area contributed by atoms with Gasteiger partial charge in [0.2, 0.25) is 0 Å². The molecular weight excluding hydrogens is 318 g/mol. The molecule has 4 heteroatoms. The van der Waals surface area contributed by atoms with Crippen molar-refractivity contribution in [3.8, 4) is 0 Å². The Morgan fingerprint density at radius 2 is 1.54 bits per heavy atom. The number of likely N-dealkylation sites (tertiary alicyclic amines) is 1. The maximum atomic E-state index is 11.9. The highest BCUT2D eigenvalue weighted by Crippen LogP contribution is 2.37. The first-order valence-electron chi connectivity index (χ1n) is 8.19. The van der Waals surface area contributed by atoms with E-state index >= 15 is 0 Å². The summed E-state index contributed by atoms with van der Waals surface area (Å²) in [5.74, 6) is 0.241. The van der Waals surface area contributed by atoms with Gasteiger partial charge >= 0.3 is 5.97 Å². The van der Waals surface area contributed by atoms with E-state index in [1.54, 1.807) is 11.8 Å². The summed E-state index contributed by atoms with van der Waals surface area (Å²) >= 11 is 1.59. The quantitative estimate of drug-likeness (QED) is 0.751. The van der Waals surface area contributed by atoms with Crippen LogP contribution in [0, 0.1) is 5.92 Å². The molecule has 0 saturated carbocycles. The largest absolute Gasteiger partial charge is 0.468 e. The van der Waals surface area contributed by atoms with Gasteiger partial charge in [-0.3, -0.25) is 9.69 Å².